The monoisotopic (exact) mass is 365 g/mol. The van der Waals surface area contributed by atoms with Crippen molar-refractivity contribution in [2.24, 2.45) is 0 Å². The molecule has 0 unspecified atom stereocenters. The van der Waals surface area contributed by atoms with E-state index in [1.165, 1.54) is 6.92 Å². The Hall–Kier alpha value is -2.19. The van der Waals surface area contributed by atoms with Gasteiger partial charge in [-0.25, -0.2) is 13.1 Å². The number of hydrogen-bond acceptors (Lipinski definition) is 5. The molecule has 1 aromatic heterocycles. The fourth-order valence-electron chi connectivity index (χ4n) is 2.74. The number of rotatable bonds is 7. The first-order valence-corrected chi connectivity index (χ1v) is 9.54. The Morgan fingerprint density at radius 2 is 1.96 bits per heavy atom. The summed E-state index contributed by atoms with van der Waals surface area (Å²) < 4.78 is 32.3. The maximum Gasteiger partial charge on any atom is 0.246 e. The Bertz CT molecular complexity index is 839. The van der Waals surface area contributed by atoms with Crippen molar-refractivity contribution in [3.63, 3.8) is 0 Å². The molecule has 0 aliphatic heterocycles. The van der Waals surface area contributed by atoms with E-state index in [9.17, 15) is 13.2 Å². The van der Waals surface area contributed by atoms with Crippen LogP contribution in [0.2, 0.25) is 0 Å². The summed E-state index contributed by atoms with van der Waals surface area (Å²) in [5.41, 5.74) is 2.14. The molecule has 8 heteroatoms. The van der Waals surface area contributed by atoms with E-state index in [2.05, 4.69) is 9.88 Å². The highest BCUT2D eigenvalue weighted by Crippen LogP contribution is 2.21. The number of nitrogens with zero attached hydrogens (tertiary/aromatic N) is 2. The van der Waals surface area contributed by atoms with Gasteiger partial charge in [0.2, 0.25) is 15.9 Å². The number of aromatic nitrogens is 1. The molecule has 0 fully saturated rings. The van der Waals surface area contributed by atoms with Crippen LogP contribution in [0, 0.1) is 13.8 Å². The minimum absolute atomic E-state index is 0.0517. The van der Waals surface area contributed by atoms with Crippen LogP contribution in [0.3, 0.4) is 0 Å². The zero-order chi connectivity index (χ0) is 18.6. The first kappa shape index (κ1) is 19.1. The predicted molar refractivity (Wildman–Crippen MR) is 95.0 cm³/mol. The molecule has 25 heavy (non-hydrogen) atoms. The SMILES string of the molecule is CCc1ccccc1N(CCNS(=O)(=O)c1c(C)noc1C)C(C)=O. The molecule has 0 radical (unpaired) electrons. The number of amides is 1. The number of carbonyl (C=O) groups is 1. The molecule has 2 aromatic rings. The van der Waals surface area contributed by atoms with Gasteiger partial charge in [0.1, 0.15) is 10.6 Å². The van der Waals surface area contributed by atoms with Crippen molar-refractivity contribution in [1.82, 2.24) is 9.88 Å². The van der Waals surface area contributed by atoms with Crippen LogP contribution in [0.25, 0.3) is 0 Å². The molecule has 1 amide bonds. The quantitative estimate of drug-likeness (QED) is 0.812. The van der Waals surface area contributed by atoms with Crippen LogP contribution in [0.5, 0.6) is 0 Å². The summed E-state index contributed by atoms with van der Waals surface area (Å²) in [5, 5.41) is 3.67. The molecule has 1 heterocycles. The third-order valence-electron chi connectivity index (χ3n) is 3.91. The highest BCUT2D eigenvalue weighted by atomic mass is 32.2. The van der Waals surface area contributed by atoms with Gasteiger partial charge in [-0.3, -0.25) is 4.79 Å². The van der Waals surface area contributed by atoms with E-state index in [1.807, 2.05) is 31.2 Å². The van der Waals surface area contributed by atoms with E-state index in [1.54, 1.807) is 18.7 Å². The molecule has 1 N–H and O–H groups in total. The van der Waals surface area contributed by atoms with Crippen LogP contribution in [0.15, 0.2) is 33.7 Å². The maximum atomic E-state index is 12.4. The predicted octanol–water partition coefficient (Wildman–Crippen LogP) is 2.19. The van der Waals surface area contributed by atoms with Crippen LogP contribution >= 0.6 is 0 Å². The fraction of sp³-hybridized carbons (Fsp3) is 0.412. The molecule has 2 rings (SSSR count). The molecule has 1 aromatic carbocycles. The summed E-state index contributed by atoms with van der Waals surface area (Å²) in [7, 11) is -3.74. The lowest BCUT2D eigenvalue weighted by molar-refractivity contribution is -0.116. The Balaban J connectivity index is 2.14. The van der Waals surface area contributed by atoms with E-state index in [0.29, 0.717) is 5.69 Å². The van der Waals surface area contributed by atoms with E-state index in [4.69, 9.17) is 4.52 Å². The third-order valence-corrected chi connectivity index (χ3v) is 5.61. The van der Waals surface area contributed by atoms with Crippen molar-refractivity contribution in [2.45, 2.75) is 39.0 Å². The number of hydrogen-bond donors (Lipinski definition) is 1. The zero-order valence-electron chi connectivity index (χ0n) is 14.9. The molecule has 0 aliphatic carbocycles. The topological polar surface area (TPSA) is 92.5 Å². The summed E-state index contributed by atoms with van der Waals surface area (Å²) in [5.74, 6) is 0.0992. The number of anilines is 1. The molecule has 0 bridgehead atoms. The van der Waals surface area contributed by atoms with Gasteiger partial charge in [0, 0.05) is 25.7 Å². The van der Waals surface area contributed by atoms with Crippen LogP contribution in [-0.4, -0.2) is 32.6 Å². The smallest absolute Gasteiger partial charge is 0.246 e. The number of aryl methyl sites for hydroxylation is 3. The van der Waals surface area contributed by atoms with Gasteiger partial charge in [-0.15, -0.1) is 0 Å². The standard InChI is InChI=1S/C17H23N3O4S/c1-5-15-8-6-7-9-16(15)20(14(4)21)11-10-18-25(22,23)17-12(2)19-24-13(17)3/h6-9,18H,5,10-11H2,1-4H3. The fourth-order valence-corrected chi connectivity index (χ4v) is 4.09. The molecule has 0 aliphatic rings. The average Bonchev–Trinajstić information content (AvgIpc) is 2.90. The number of sulfonamides is 1. The third kappa shape index (κ3) is 4.26. The van der Waals surface area contributed by atoms with Crippen molar-refractivity contribution in [2.75, 3.05) is 18.0 Å². The van der Waals surface area contributed by atoms with Crippen molar-refractivity contribution >= 4 is 21.6 Å². The Morgan fingerprint density at radius 3 is 2.52 bits per heavy atom. The van der Waals surface area contributed by atoms with Crippen LogP contribution in [0.1, 0.15) is 30.9 Å². The number of carbonyl (C=O) groups excluding carboxylic acids is 1. The number of nitrogens with one attached hydrogen (secondary N) is 1. The Labute approximate surface area is 148 Å². The van der Waals surface area contributed by atoms with Gasteiger partial charge >= 0.3 is 0 Å². The van der Waals surface area contributed by atoms with E-state index in [0.717, 1.165) is 17.7 Å². The first-order valence-electron chi connectivity index (χ1n) is 8.06. The van der Waals surface area contributed by atoms with Gasteiger partial charge in [0.05, 0.1) is 0 Å². The maximum absolute atomic E-state index is 12.4. The summed E-state index contributed by atoms with van der Waals surface area (Å²) in [6.07, 6.45) is 0.782. The van der Waals surface area contributed by atoms with Gasteiger partial charge in [0.15, 0.2) is 5.76 Å². The van der Waals surface area contributed by atoms with Crippen LogP contribution in [-0.2, 0) is 21.2 Å². The lowest BCUT2D eigenvalue weighted by Crippen LogP contribution is -2.38. The van der Waals surface area contributed by atoms with Gasteiger partial charge in [-0.2, -0.15) is 0 Å². The Kier molecular flexibility index (Phi) is 5.97. The summed E-state index contributed by atoms with van der Waals surface area (Å²) in [6, 6.07) is 7.60. The lowest BCUT2D eigenvalue weighted by atomic mass is 10.1. The van der Waals surface area contributed by atoms with E-state index in [-0.39, 0.29) is 29.7 Å². The highest BCUT2D eigenvalue weighted by molar-refractivity contribution is 7.89. The molecule has 0 atom stereocenters. The summed E-state index contributed by atoms with van der Waals surface area (Å²) >= 11 is 0. The zero-order valence-corrected chi connectivity index (χ0v) is 15.7. The largest absolute Gasteiger partial charge is 0.360 e. The molecule has 0 spiro atoms. The minimum atomic E-state index is -3.74. The van der Waals surface area contributed by atoms with Gasteiger partial charge in [-0.05, 0) is 31.9 Å². The first-order chi connectivity index (χ1) is 11.8. The lowest BCUT2D eigenvalue weighted by Gasteiger charge is -2.24. The molecule has 136 valence electrons. The number of benzene rings is 1. The molecule has 7 nitrogen and oxygen atoms in total. The van der Waals surface area contributed by atoms with Crippen molar-refractivity contribution in [1.29, 1.82) is 0 Å². The summed E-state index contributed by atoms with van der Waals surface area (Å²) in [6.45, 7) is 6.92. The van der Waals surface area contributed by atoms with Crippen LogP contribution < -0.4 is 9.62 Å². The van der Waals surface area contributed by atoms with E-state index < -0.39 is 10.0 Å². The molecule has 0 saturated carbocycles. The summed E-state index contributed by atoms with van der Waals surface area (Å²) in [4.78, 5) is 13.7. The second-order valence-corrected chi connectivity index (χ2v) is 7.41. The van der Waals surface area contributed by atoms with Gasteiger partial charge in [-0.1, -0.05) is 30.3 Å². The normalized spacial score (nSPS) is 11.5. The molecular formula is C17H23N3O4S. The highest BCUT2D eigenvalue weighted by Gasteiger charge is 2.24. The minimum Gasteiger partial charge on any atom is -0.360 e. The Morgan fingerprint density at radius 1 is 1.28 bits per heavy atom. The van der Waals surface area contributed by atoms with Crippen molar-refractivity contribution < 1.29 is 17.7 Å². The second-order valence-electron chi connectivity index (χ2n) is 5.70. The second kappa shape index (κ2) is 7.79. The molecular weight excluding hydrogens is 342 g/mol. The van der Waals surface area contributed by atoms with Gasteiger partial charge in [0.25, 0.3) is 0 Å². The van der Waals surface area contributed by atoms with Gasteiger partial charge < -0.3 is 9.42 Å². The average molecular weight is 365 g/mol. The van der Waals surface area contributed by atoms with Crippen molar-refractivity contribution in [3.8, 4) is 0 Å². The van der Waals surface area contributed by atoms with E-state index >= 15 is 0 Å². The number of para-hydroxylation sites is 1. The van der Waals surface area contributed by atoms with Crippen LogP contribution in [0.4, 0.5) is 5.69 Å². The van der Waals surface area contributed by atoms with Crippen molar-refractivity contribution in [3.05, 3.63) is 41.3 Å². The molecule has 0 saturated heterocycles.